The van der Waals surface area contributed by atoms with Crippen LogP contribution in [0.3, 0.4) is 0 Å². The molecule has 6 nitrogen and oxygen atoms in total. The summed E-state index contributed by atoms with van der Waals surface area (Å²) in [6.07, 6.45) is 5.58. The van der Waals surface area contributed by atoms with Crippen molar-refractivity contribution in [2.45, 2.75) is 38.5 Å². The Morgan fingerprint density at radius 1 is 1.00 bits per heavy atom. The van der Waals surface area contributed by atoms with Crippen molar-refractivity contribution in [1.29, 1.82) is 0 Å². The molecule has 2 aromatic rings. The summed E-state index contributed by atoms with van der Waals surface area (Å²) < 4.78 is 0.930. The molecule has 158 valence electrons. The Balaban J connectivity index is 1.25. The topological polar surface area (TPSA) is 78.5 Å². The van der Waals surface area contributed by atoms with Crippen LogP contribution in [0.1, 0.15) is 56.2 Å². The summed E-state index contributed by atoms with van der Waals surface area (Å²) in [6, 6.07) is 9.24. The number of benzene rings is 1. The molecule has 0 bridgehead atoms. The molecule has 30 heavy (non-hydrogen) atoms. The van der Waals surface area contributed by atoms with Gasteiger partial charge in [0.25, 0.3) is 11.8 Å². The van der Waals surface area contributed by atoms with Gasteiger partial charge in [0.15, 0.2) is 0 Å². The van der Waals surface area contributed by atoms with Crippen molar-refractivity contribution in [3.63, 3.8) is 0 Å². The van der Waals surface area contributed by atoms with Gasteiger partial charge in [-0.15, -0.1) is 11.3 Å². The van der Waals surface area contributed by atoms with E-state index in [9.17, 15) is 14.4 Å². The summed E-state index contributed by atoms with van der Waals surface area (Å²) in [5.74, 6) is -0.682. The van der Waals surface area contributed by atoms with E-state index in [1.54, 1.807) is 17.0 Å². The molecule has 1 aliphatic carbocycles. The lowest BCUT2D eigenvalue weighted by molar-refractivity contribution is -0.127. The Morgan fingerprint density at radius 3 is 2.40 bits per heavy atom. The summed E-state index contributed by atoms with van der Waals surface area (Å²) in [5.41, 5.74) is 7.04. The molecule has 1 fully saturated rings. The van der Waals surface area contributed by atoms with Crippen molar-refractivity contribution in [3.05, 3.63) is 55.7 Å². The number of rotatable bonds is 3. The quantitative estimate of drug-likeness (QED) is 0.645. The van der Waals surface area contributed by atoms with Gasteiger partial charge in [-0.1, -0.05) is 15.9 Å². The number of aryl methyl sites for hydroxylation is 2. The third kappa shape index (κ3) is 4.75. The summed E-state index contributed by atoms with van der Waals surface area (Å²) >= 11 is 4.89. The normalized spacial score (nSPS) is 16.6. The molecule has 2 heterocycles. The molecule has 1 aliphatic heterocycles. The Kier molecular flexibility index (Phi) is 6.53. The Bertz CT molecular complexity index is 926. The summed E-state index contributed by atoms with van der Waals surface area (Å²) in [5, 5.41) is 0. The average molecular weight is 490 g/mol. The number of amides is 3. The minimum Gasteiger partial charge on any atom is -0.339 e. The Labute approximate surface area is 188 Å². The number of nitrogens with zero attached hydrogens (tertiary/aromatic N) is 1. The van der Waals surface area contributed by atoms with Crippen LogP contribution < -0.4 is 10.9 Å². The van der Waals surface area contributed by atoms with Crippen LogP contribution in [0, 0.1) is 5.92 Å². The number of hydrazine groups is 1. The van der Waals surface area contributed by atoms with Crippen molar-refractivity contribution in [3.8, 4) is 0 Å². The molecule has 1 aromatic carbocycles. The molecule has 0 spiro atoms. The zero-order chi connectivity index (χ0) is 21.1. The lowest BCUT2D eigenvalue weighted by Gasteiger charge is -2.31. The van der Waals surface area contributed by atoms with E-state index in [0.717, 1.165) is 17.3 Å². The number of thiophene rings is 1. The fourth-order valence-corrected chi connectivity index (χ4v) is 5.42. The van der Waals surface area contributed by atoms with Gasteiger partial charge in [0.2, 0.25) is 5.91 Å². The number of carbonyl (C=O) groups is 3. The van der Waals surface area contributed by atoms with Gasteiger partial charge in [0.1, 0.15) is 0 Å². The molecule has 0 atom stereocenters. The summed E-state index contributed by atoms with van der Waals surface area (Å²) in [6.45, 7) is 1.05. The number of halogens is 1. The van der Waals surface area contributed by atoms with Crippen molar-refractivity contribution < 1.29 is 14.4 Å². The van der Waals surface area contributed by atoms with Crippen molar-refractivity contribution in [2.24, 2.45) is 5.92 Å². The van der Waals surface area contributed by atoms with E-state index in [1.807, 2.05) is 18.2 Å². The average Bonchev–Trinajstić information content (AvgIpc) is 3.22. The van der Waals surface area contributed by atoms with E-state index >= 15 is 0 Å². The van der Waals surface area contributed by atoms with Crippen LogP contribution in [0.25, 0.3) is 0 Å². The molecule has 0 unspecified atom stereocenters. The minimum atomic E-state index is -0.259. The van der Waals surface area contributed by atoms with Crippen LogP contribution in [-0.4, -0.2) is 35.7 Å². The highest BCUT2D eigenvalue weighted by Gasteiger charge is 2.28. The van der Waals surface area contributed by atoms with Crippen LogP contribution in [0.5, 0.6) is 0 Å². The van der Waals surface area contributed by atoms with E-state index in [-0.39, 0.29) is 23.6 Å². The molecule has 0 radical (unpaired) electrons. The number of fused-ring (bicyclic) bond motifs is 1. The summed E-state index contributed by atoms with van der Waals surface area (Å²) in [4.78, 5) is 41.2. The zero-order valence-electron chi connectivity index (χ0n) is 16.6. The molecular formula is C22H24BrN3O3S. The first-order valence-electron chi connectivity index (χ1n) is 10.3. The molecular weight excluding hydrogens is 466 g/mol. The van der Waals surface area contributed by atoms with Crippen LogP contribution in [0.4, 0.5) is 0 Å². The predicted molar refractivity (Wildman–Crippen MR) is 119 cm³/mol. The standard InChI is InChI=1S/C22H24BrN3O3S/c23-17-7-5-15(6-8-17)22(29)26-11-9-14(10-12-26)20(27)24-25-21(28)19-13-16-3-1-2-4-18(16)30-19/h5-8,13-14H,1-4,9-12H2,(H,24,27)(H,25,28). The smallest absolute Gasteiger partial charge is 0.279 e. The second-order valence-corrected chi connectivity index (χ2v) is 9.84. The second kappa shape index (κ2) is 9.31. The Morgan fingerprint density at radius 2 is 1.70 bits per heavy atom. The number of carbonyl (C=O) groups excluding carboxylic acids is 3. The lowest BCUT2D eigenvalue weighted by Crippen LogP contribution is -2.48. The molecule has 1 aromatic heterocycles. The molecule has 4 rings (SSSR count). The van der Waals surface area contributed by atoms with Gasteiger partial charge in [-0.05, 0) is 74.4 Å². The number of piperidine rings is 1. The van der Waals surface area contributed by atoms with Gasteiger partial charge < -0.3 is 4.90 Å². The minimum absolute atomic E-state index is 0.0173. The first kappa shape index (κ1) is 21.1. The highest BCUT2D eigenvalue weighted by atomic mass is 79.9. The fourth-order valence-electron chi connectivity index (χ4n) is 4.00. The number of likely N-dealkylation sites (tertiary alicyclic amines) is 1. The maximum absolute atomic E-state index is 12.6. The largest absolute Gasteiger partial charge is 0.339 e. The highest BCUT2D eigenvalue weighted by molar-refractivity contribution is 9.10. The molecule has 0 saturated carbocycles. The van der Waals surface area contributed by atoms with Crippen molar-refractivity contribution >= 4 is 45.0 Å². The van der Waals surface area contributed by atoms with Crippen LogP contribution in [-0.2, 0) is 17.6 Å². The first-order chi connectivity index (χ1) is 14.5. The van der Waals surface area contributed by atoms with Gasteiger partial charge >= 0.3 is 0 Å². The van der Waals surface area contributed by atoms with Gasteiger partial charge in [0.05, 0.1) is 4.88 Å². The monoisotopic (exact) mass is 489 g/mol. The van der Waals surface area contributed by atoms with Gasteiger partial charge in [-0.25, -0.2) is 0 Å². The van der Waals surface area contributed by atoms with Gasteiger partial charge in [-0.2, -0.15) is 0 Å². The van der Waals surface area contributed by atoms with E-state index in [0.29, 0.717) is 36.4 Å². The van der Waals surface area contributed by atoms with E-state index in [2.05, 4.69) is 26.8 Å². The first-order valence-corrected chi connectivity index (χ1v) is 11.9. The molecule has 2 aliphatic rings. The van der Waals surface area contributed by atoms with Crippen molar-refractivity contribution in [2.75, 3.05) is 13.1 Å². The predicted octanol–water partition coefficient (Wildman–Crippen LogP) is 3.70. The van der Waals surface area contributed by atoms with E-state index < -0.39 is 0 Å². The summed E-state index contributed by atoms with van der Waals surface area (Å²) in [7, 11) is 0. The third-order valence-electron chi connectivity index (χ3n) is 5.76. The number of hydrogen-bond acceptors (Lipinski definition) is 4. The molecule has 3 amide bonds. The zero-order valence-corrected chi connectivity index (χ0v) is 19.0. The maximum atomic E-state index is 12.6. The Hall–Kier alpha value is -2.19. The maximum Gasteiger partial charge on any atom is 0.279 e. The van der Waals surface area contributed by atoms with E-state index in [1.165, 1.54) is 34.6 Å². The number of hydrogen-bond donors (Lipinski definition) is 2. The second-order valence-electron chi connectivity index (χ2n) is 7.78. The highest BCUT2D eigenvalue weighted by Crippen LogP contribution is 2.29. The van der Waals surface area contributed by atoms with Crippen LogP contribution >= 0.6 is 27.3 Å². The van der Waals surface area contributed by atoms with Crippen molar-refractivity contribution in [1.82, 2.24) is 15.8 Å². The lowest BCUT2D eigenvalue weighted by atomic mass is 9.95. The number of nitrogens with one attached hydrogen (secondary N) is 2. The fraction of sp³-hybridized carbons (Fsp3) is 0.409. The van der Waals surface area contributed by atoms with Gasteiger partial charge in [-0.3, -0.25) is 25.2 Å². The van der Waals surface area contributed by atoms with Gasteiger partial charge in [0, 0.05) is 33.9 Å². The third-order valence-corrected chi connectivity index (χ3v) is 7.53. The van der Waals surface area contributed by atoms with Crippen LogP contribution in [0.15, 0.2) is 34.8 Å². The molecule has 2 N–H and O–H groups in total. The molecule has 8 heteroatoms. The van der Waals surface area contributed by atoms with E-state index in [4.69, 9.17) is 0 Å². The van der Waals surface area contributed by atoms with Crippen LogP contribution in [0.2, 0.25) is 0 Å². The SMILES string of the molecule is O=C(NNC(=O)C1CCN(C(=O)c2ccc(Br)cc2)CC1)c1cc2c(s1)CCCC2. The molecule has 1 saturated heterocycles.